The van der Waals surface area contributed by atoms with Crippen LogP contribution in [-0.4, -0.2) is 42.8 Å². The first-order chi connectivity index (χ1) is 15.6. The highest BCUT2D eigenvalue weighted by Crippen LogP contribution is 2.27. The summed E-state index contributed by atoms with van der Waals surface area (Å²) in [5.41, 5.74) is 2.31. The molecule has 0 unspecified atom stereocenters. The van der Waals surface area contributed by atoms with E-state index in [9.17, 15) is 9.59 Å². The van der Waals surface area contributed by atoms with Gasteiger partial charge in [0.1, 0.15) is 5.82 Å². The molecule has 0 bridgehead atoms. The molecule has 2 aromatic carbocycles. The molecule has 0 radical (unpaired) electrons. The van der Waals surface area contributed by atoms with Crippen LogP contribution < -0.4 is 5.69 Å². The molecule has 32 heavy (non-hydrogen) atoms. The molecular weight excluding hydrogens is 402 g/mol. The number of rotatable bonds is 4. The molecule has 2 aromatic heterocycles. The van der Waals surface area contributed by atoms with Crippen molar-refractivity contribution >= 4 is 5.91 Å². The van der Waals surface area contributed by atoms with Gasteiger partial charge in [-0.15, -0.1) is 0 Å². The number of hydrogen-bond acceptors (Lipinski definition) is 3. The second kappa shape index (κ2) is 8.34. The van der Waals surface area contributed by atoms with E-state index in [1.54, 1.807) is 11.6 Å². The molecule has 1 aliphatic rings. The molecule has 0 saturated carbocycles. The Morgan fingerprint density at radius 1 is 0.938 bits per heavy atom. The van der Waals surface area contributed by atoms with Gasteiger partial charge in [-0.1, -0.05) is 18.2 Å². The summed E-state index contributed by atoms with van der Waals surface area (Å²) in [6.07, 6.45) is 5.72. The Morgan fingerprint density at radius 2 is 1.66 bits per heavy atom. The van der Waals surface area contributed by atoms with Gasteiger partial charge in [0, 0.05) is 49.7 Å². The Balaban J connectivity index is 1.39. The van der Waals surface area contributed by atoms with Crippen LogP contribution in [0.25, 0.3) is 11.4 Å². The largest absolute Gasteiger partial charge is 0.350 e. The highest BCUT2D eigenvalue weighted by atomic mass is 16.2. The van der Waals surface area contributed by atoms with Gasteiger partial charge in [0.25, 0.3) is 5.91 Å². The maximum absolute atomic E-state index is 13.2. The second-order valence-electron chi connectivity index (χ2n) is 8.16. The smallest absolute Gasteiger partial charge is 0.338 e. The molecule has 4 aromatic rings. The van der Waals surface area contributed by atoms with E-state index in [2.05, 4.69) is 5.10 Å². The molecule has 5 rings (SSSR count). The summed E-state index contributed by atoms with van der Waals surface area (Å²) in [6.45, 7) is 1.25. The van der Waals surface area contributed by atoms with Gasteiger partial charge >= 0.3 is 5.69 Å². The van der Waals surface area contributed by atoms with Gasteiger partial charge in [0.05, 0.1) is 5.69 Å². The van der Waals surface area contributed by atoms with E-state index in [1.165, 1.54) is 4.68 Å². The summed E-state index contributed by atoms with van der Waals surface area (Å²) in [7, 11) is 1.67. The van der Waals surface area contributed by atoms with Crippen molar-refractivity contribution in [1.82, 2.24) is 23.8 Å². The first-order valence-corrected chi connectivity index (χ1v) is 10.9. The molecule has 1 saturated heterocycles. The summed E-state index contributed by atoms with van der Waals surface area (Å²) in [4.78, 5) is 27.9. The first kappa shape index (κ1) is 20.1. The van der Waals surface area contributed by atoms with Gasteiger partial charge in [0.2, 0.25) is 0 Å². The first-order valence-electron chi connectivity index (χ1n) is 10.9. The highest BCUT2D eigenvalue weighted by molar-refractivity contribution is 5.94. The van der Waals surface area contributed by atoms with Crippen molar-refractivity contribution in [3.8, 4) is 11.4 Å². The molecule has 1 aliphatic heterocycles. The van der Waals surface area contributed by atoms with Gasteiger partial charge in [-0.05, 0) is 61.4 Å². The molecule has 0 N–H and O–H groups in total. The summed E-state index contributed by atoms with van der Waals surface area (Å²) in [5.74, 6) is 0.725. The molecule has 0 spiro atoms. The van der Waals surface area contributed by atoms with Crippen LogP contribution in [0.5, 0.6) is 0 Å². The summed E-state index contributed by atoms with van der Waals surface area (Å²) < 4.78 is 5.06. The number of likely N-dealkylation sites (tertiary alicyclic amines) is 1. The topological polar surface area (TPSA) is 65.1 Å². The molecule has 3 heterocycles. The van der Waals surface area contributed by atoms with E-state index in [0.29, 0.717) is 24.5 Å². The number of aromatic nitrogens is 4. The number of piperidine rings is 1. The minimum Gasteiger partial charge on any atom is -0.338 e. The predicted molar refractivity (Wildman–Crippen MR) is 122 cm³/mol. The van der Waals surface area contributed by atoms with Crippen LogP contribution in [0, 0.1) is 0 Å². The van der Waals surface area contributed by atoms with Crippen molar-refractivity contribution in [2.45, 2.75) is 18.8 Å². The Bertz CT molecular complexity index is 1270. The fourth-order valence-corrected chi connectivity index (χ4v) is 4.41. The average molecular weight is 428 g/mol. The lowest BCUT2D eigenvalue weighted by Crippen LogP contribution is -2.40. The van der Waals surface area contributed by atoms with Crippen LogP contribution in [0.15, 0.2) is 83.9 Å². The second-order valence-corrected chi connectivity index (χ2v) is 8.16. The van der Waals surface area contributed by atoms with Gasteiger partial charge < -0.3 is 9.47 Å². The monoisotopic (exact) mass is 427 g/mol. The molecule has 7 heteroatoms. The van der Waals surface area contributed by atoms with Crippen LogP contribution in [0.4, 0.5) is 0 Å². The maximum Gasteiger partial charge on any atom is 0.350 e. The minimum absolute atomic E-state index is 0.000883. The third kappa shape index (κ3) is 3.66. The van der Waals surface area contributed by atoms with Crippen molar-refractivity contribution in [3.05, 3.63) is 101 Å². The normalized spacial score (nSPS) is 16.3. The van der Waals surface area contributed by atoms with E-state index in [4.69, 9.17) is 0 Å². The van der Waals surface area contributed by atoms with Crippen molar-refractivity contribution in [2.75, 3.05) is 13.1 Å². The lowest BCUT2D eigenvalue weighted by Gasteiger charge is -2.32. The van der Waals surface area contributed by atoms with Gasteiger partial charge in [0.15, 0.2) is 0 Å². The van der Waals surface area contributed by atoms with Crippen LogP contribution in [-0.2, 0) is 7.05 Å². The summed E-state index contributed by atoms with van der Waals surface area (Å²) >= 11 is 0. The quantitative estimate of drug-likeness (QED) is 0.502. The zero-order valence-electron chi connectivity index (χ0n) is 18.0. The SMILES string of the molecule is Cn1nc([C@H]2CCCN(C(=O)c3ccc(-n4cccc4)cc3)C2)n(-c2ccccc2)c1=O. The molecular formula is C25H25N5O2. The van der Waals surface area contributed by atoms with Gasteiger partial charge in [-0.3, -0.25) is 4.79 Å². The van der Waals surface area contributed by atoms with Crippen molar-refractivity contribution in [2.24, 2.45) is 7.05 Å². The van der Waals surface area contributed by atoms with E-state index < -0.39 is 0 Å². The number of aryl methyl sites for hydroxylation is 1. The number of para-hydroxylation sites is 1. The minimum atomic E-state index is -0.171. The fourth-order valence-electron chi connectivity index (χ4n) is 4.41. The van der Waals surface area contributed by atoms with E-state index in [-0.39, 0.29) is 17.5 Å². The Labute approximate surface area is 186 Å². The summed E-state index contributed by atoms with van der Waals surface area (Å²) in [5, 5.41) is 4.54. The zero-order valence-corrected chi connectivity index (χ0v) is 18.0. The van der Waals surface area contributed by atoms with Crippen LogP contribution in [0.1, 0.15) is 34.9 Å². The molecule has 0 aliphatic carbocycles. The Hall–Kier alpha value is -3.87. The number of carbonyl (C=O) groups is 1. The zero-order chi connectivity index (χ0) is 22.1. The van der Waals surface area contributed by atoms with Crippen molar-refractivity contribution < 1.29 is 4.79 Å². The third-order valence-electron chi connectivity index (χ3n) is 6.05. The van der Waals surface area contributed by atoms with Crippen molar-refractivity contribution in [1.29, 1.82) is 0 Å². The molecule has 7 nitrogen and oxygen atoms in total. The number of amides is 1. The molecule has 162 valence electrons. The number of nitrogens with zero attached hydrogens (tertiary/aromatic N) is 5. The van der Waals surface area contributed by atoms with E-state index >= 15 is 0 Å². The molecule has 1 fully saturated rings. The number of hydrogen-bond donors (Lipinski definition) is 0. The Kier molecular flexibility index (Phi) is 5.23. The average Bonchev–Trinajstić information content (AvgIpc) is 3.48. The lowest BCUT2D eigenvalue weighted by atomic mass is 9.96. The molecule has 1 atom stereocenters. The summed E-state index contributed by atoms with van der Waals surface area (Å²) in [6, 6.07) is 21.2. The number of benzene rings is 2. The van der Waals surface area contributed by atoms with Crippen LogP contribution >= 0.6 is 0 Å². The van der Waals surface area contributed by atoms with Gasteiger partial charge in [-0.2, -0.15) is 5.10 Å². The van der Waals surface area contributed by atoms with Crippen molar-refractivity contribution in [3.63, 3.8) is 0 Å². The molecule has 1 amide bonds. The highest BCUT2D eigenvalue weighted by Gasteiger charge is 2.30. The Morgan fingerprint density at radius 3 is 2.38 bits per heavy atom. The maximum atomic E-state index is 13.2. The lowest BCUT2D eigenvalue weighted by molar-refractivity contribution is 0.0704. The fraction of sp³-hybridized carbons (Fsp3) is 0.240. The predicted octanol–water partition coefficient (Wildman–Crippen LogP) is 3.38. The van der Waals surface area contributed by atoms with Crippen LogP contribution in [0.2, 0.25) is 0 Å². The third-order valence-corrected chi connectivity index (χ3v) is 6.05. The van der Waals surface area contributed by atoms with Gasteiger partial charge in [-0.25, -0.2) is 14.0 Å². The van der Waals surface area contributed by atoms with Crippen LogP contribution in [0.3, 0.4) is 0 Å². The van der Waals surface area contributed by atoms with E-state index in [0.717, 1.165) is 24.2 Å². The standard InChI is InChI=1S/C25H25N5O2/c1-27-25(32)30(22-9-3-2-4-10-22)23(26-27)20-8-7-17-29(18-20)24(31)19-11-13-21(14-12-19)28-15-5-6-16-28/h2-6,9-16,20H,7-8,17-18H2,1H3/t20-/m0/s1. The number of carbonyl (C=O) groups excluding carboxylic acids is 1. The van der Waals surface area contributed by atoms with E-state index in [1.807, 2.05) is 88.6 Å².